The minimum Gasteiger partial charge on any atom is -0.474 e. The molecule has 3 heterocycles. The molecule has 2 aromatic rings. The summed E-state index contributed by atoms with van der Waals surface area (Å²) in [6.45, 7) is 1.69. The first kappa shape index (κ1) is 18.3. The van der Waals surface area contributed by atoms with Crippen LogP contribution in [0.2, 0.25) is 0 Å². The second-order valence-corrected chi connectivity index (χ2v) is 6.87. The van der Waals surface area contributed by atoms with Crippen LogP contribution in [0.4, 0.5) is 8.78 Å². The van der Waals surface area contributed by atoms with Crippen molar-refractivity contribution in [3.05, 3.63) is 41.1 Å². The number of hydrogen-bond acceptors (Lipinski definition) is 5. The lowest BCUT2D eigenvalue weighted by atomic mass is 10.1. The Morgan fingerprint density at radius 3 is 2.82 bits per heavy atom. The van der Waals surface area contributed by atoms with Crippen LogP contribution in [0.5, 0.6) is 5.88 Å². The summed E-state index contributed by atoms with van der Waals surface area (Å²) in [5.41, 5.74) is 1.99. The summed E-state index contributed by atoms with van der Waals surface area (Å²) in [7, 11) is 1.69. The van der Waals surface area contributed by atoms with Crippen molar-refractivity contribution in [1.82, 2.24) is 20.1 Å². The lowest BCUT2D eigenvalue weighted by Gasteiger charge is -2.15. The maximum atomic E-state index is 13.8. The number of allylic oxidation sites excluding steroid dienone is 1. The summed E-state index contributed by atoms with van der Waals surface area (Å²) in [6.07, 6.45) is 3.22. The highest BCUT2D eigenvalue weighted by Gasteiger charge is 2.26. The van der Waals surface area contributed by atoms with Gasteiger partial charge in [0.1, 0.15) is 6.10 Å². The Hall–Kier alpha value is -3.10. The van der Waals surface area contributed by atoms with E-state index in [0.29, 0.717) is 11.6 Å². The molecule has 7 nitrogen and oxygen atoms in total. The first-order valence-corrected chi connectivity index (χ1v) is 8.95. The quantitative estimate of drug-likeness (QED) is 0.855. The predicted molar refractivity (Wildman–Crippen MR) is 98.7 cm³/mol. The van der Waals surface area contributed by atoms with E-state index in [2.05, 4.69) is 20.4 Å². The first-order chi connectivity index (χ1) is 13.4. The lowest BCUT2D eigenvalue weighted by molar-refractivity contribution is 0.0951. The molecule has 0 aromatic carbocycles. The zero-order valence-electron chi connectivity index (χ0n) is 15.4. The zero-order chi connectivity index (χ0) is 19.8. The largest absolute Gasteiger partial charge is 0.474 e. The minimum atomic E-state index is -1.69. The number of carbonyl (C=O) groups is 1. The number of carbonyl (C=O) groups excluding carboxylic acids is 1. The van der Waals surface area contributed by atoms with Crippen molar-refractivity contribution in [3.8, 4) is 17.1 Å². The third kappa shape index (κ3) is 3.64. The molecule has 9 heteroatoms. The number of dihydropyridines is 1. The van der Waals surface area contributed by atoms with Crippen molar-refractivity contribution in [2.45, 2.75) is 32.0 Å². The van der Waals surface area contributed by atoms with Crippen molar-refractivity contribution in [1.29, 1.82) is 0 Å². The number of aryl methyl sites for hydroxylation is 2. The number of aliphatic imine (C=N–C) groups is 1. The SMILES string of the molecule is Cc1cc(OC2CC2)ncc1-c1cc(C(=O)NC2=C(F)C=NCC2F)nn1C. The van der Waals surface area contributed by atoms with Crippen LogP contribution in [0.15, 0.2) is 34.8 Å². The topological polar surface area (TPSA) is 81.4 Å². The van der Waals surface area contributed by atoms with E-state index >= 15 is 0 Å². The molecule has 4 rings (SSSR count). The molecule has 1 aliphatic heterocycles. The van der Waals surface area contributed by atoms with Crippen LogP contribution < -0.4 is 10.1 Å². The van der Waals surface area contributed by atoms with Crippen LogP contribution >= 0.6 is 0 Å². The Kier molecular flexibility index (Phi) is 4.66. The summed E-state index contributed by atoms with van der Waals surface area (Å²) >= 11 is 0. The molecular formula is C19H19F2N5O2. The highest BCUT2D eigenvalue weighted by atomic mass is 19.1. The van der Waals surface area contributed by atoms with Gasteiger partial charge >= 0.3 is 0 Å². The Bertz CT molecular complexity index is 994. The minimum absolute atomic E-state index is 0.0465. The molecule has 0 bridgehead atoms. The molecular weight excluding hydrogens is 368 g/mol. The van der Waals surface area contributed by atoms with Crippen LogP contribution in [0.3, 0.4) is 0 Å². The molecule has 1 atom stereocenters. The summed E-state index contributed by atoms with van der Waals surface area (Å²) in [6, 6.07) is 3.40. The standard InChI is InChI=1S/C19H19F2N5O2/c1-10-5-17(28-11-3-4-11)23-7-12(10)16-6-15(25-26(16)2)19(27)24-18-13(20)8-22-9-14(18)21/h5-8,11,14H,3-4,9H2,1-2H3,(H,24,27). The smallest absolute Gasteiger partial charge is 0.276 e. The molecule has 2 aromatic heterocycles. The number of alkyl halides is 1. The van der Waals surface area contributed by atoms with E-state index in [1.165, 1.54) is 4.68 Å². The van der Waals surface area contributed by atoms with Gasteiger partial charge in [-0.1, -0.05) is 0 Å². The third-order valence-electron chi connectivity index (χ3n) is 4.57. The molecule has 146 valence electrons. The average molecular weight is 387 g/mol. The predicted octanol–water partition coefficient (Wildman–Crippen LogP) is 2.67. The molecule has 1 saturated carbocycles. The molecule has 1 amide bonds. The number of nitrogens with one attached hydrogen (secondary N) is 1. The lowest BCUT2D eigenvalue weighted by Crippen LogP contribution is -2.32. The van der Waals surface area contributed by atoms with Crippen molar-refractivity contribution in [3.63, 3.8) is 0 Å². The Labute approximate surface area is 160 Å². The number of ether oxygens (including phenoxy) is 1. The van der Waals surface area contributed by atoms with E-state index in [0.717, 1.165) is 30.2 Å². The fraction of sp³-hybridized carbons (Fsp3) is 0.368. The number of aromatic nitrogens is 3. The summed E-state index contributed by atoms with van der Waals surface area (Å²) in [5, 5.41) is 6.44. The number of rotatable bonds is 5. The molecule has 28 heavy (non-hydrogen) atoms. The van der Waals surface area contributed by atoms with Crippen molar-refractivity contribution in [2.75, 3.05) is 6.54 Å². The van der Waals surface area contributed by atoms with Crippen molar-refractivity contribution >= 4 is 12.1 Å². The summed E-state index contributed by atoms with van der Waals surface area (Å²) in [4.78, 5) is 20.3. The molecule has 1 unspecified atom stereocenters. The van der Waals surface area contributed by atoms with Gasteiger partial charge in [0.05, 0.1) is 24.2 Å². The second kappa shape index (κ2) is 7.14. The Morgan fingerprint density at radius 1 is 1.36 bits per heavy atom. The second-order valence-electron chi connectivity index (χ2n) is 6.87. The van der Waals surface area contributed by atoms with Crippen molar-refractivity contribution < 1.29 is 18.3 Å². The van der Waals surface area contributed by atoms with Gasteiger partial charge in [0.25, 0.3) is 5.91 Å². The summed E-state index contributed by atoms with van der Waals surface area (Å²) in [5.74, 6) is -1.02. The van der Waals surface area contributed by atoms with E-state index in [1.54, 1.807) is 19.3 Å². The molecule has 1 N–H and O–H groups in total. The molecule has 2 aliphatic rings. The van der Waals surface area contributed by atoms with Gasteiger partial charge < -0.3 is 10.1 Å². The number of hydrogen-bond donors (Lipinski definition) is 1. The zero-order valence-corrected chi connectivity index (χ0v) is 15.4. The van der Waals surface area contributed by atoms with E-state index in [1.807, 2.05) is 13.0 Å². The Morgan fingerprint density at radius 2 is 2.14 bits per heavy atom. The average Bonchev–Trinajstić information content (AvgIpc) is 3.38. The molecule has 0 saturated heterocycles. The monoisotopic (exact) mass is 387 g/mol. The van der Waals surface area contributed by atoms with E-state index < -0.39 is 23.6 Å². The maximum Gasteiger partial charge on any atom is 0.276 e. The van der Waals surface area contributed by atoms with Gasteiger partial charge in [0.2, 0.25) is 5.88 Å². The van der Waals surface area contributed by atoms with E-state index in [4.69, 9.17) is 4.74 Å². The highest BCUT2D eigenvalue weighted by molar-refractivity contribution is 5.95. The van der Waals surface area contributed by atoms with Gasteiger partial charge in [-0.3, -0.25) is 14.5 Å². The van der Waals surface area contributed by atoms with Gasteiger partial charge in [-0.2, -0.15) is 5.10 Å². The number of nitrogens with zero attached hydrogens (tertiary/aromatic N) is 4. The fourth-order valence-electron chi connectivity index (χ4n) is 2.91. The van der Waals surface area contributed by atoms with Gasteiger partial charge in [-0.25, -0.2) is 13.8 Å². The normalized spacial score (nSPS) is 19.1. The van der Waals surface area contributed by atoms with Crippen LogP contribution in [-0.4, -0.2) is 45.7 Å². The summed E-state index contributed by atoms with van der Waals surface area (Å²) < 4.78 is 34.8. The van der Waals surface area contributed by atoms with Crippen LogP contribution in [0.1, 0.15) is 28.9 Å². The number of amides is 1. The van der Waals surface area contributed by atoms with Crippen LogP contribution in [0, 0.1) is 6.92 Å². The maximum absolute atomic E-state index is 13.8. The van der Waals surface area contributed by atoms with E-state index in [-0.39, 0.29) is 18.3 Å². The number of pyridine rings is 1. The van der Waals surface area contributed by atoms with Gasteiger partial charge in [0, 0.05) is 24.9 Å². The molecule has 1 fully saturated rings. The van der Waals surface area contributed by atoms with Crippen molar-refractivity contribution in [2.24, 2.45) is 12.0 Å². The molecule has 0 spiro atoms. The Balaban J connectivity index is 1.56. The third-order valence-corrected chi connectivity index (χ3v) is 4.57. The fourth-order valence-corrected chi connectivity index (χ4v) is 2.91. The van der Waals surface area contributed by atoms with Gasteiger partial charge in [-0.15, -0.1) is 0 Å². The highest BCUT2D eigenvalue weighted by Crippen LogP contribution is 2.29. The van der Waals surface area contributed by atoms with Gasteiger partial charge in [0.15, 0.2) is 17.7 Å². The van der Waals surface area contributed by atoms with Gasteiger partial charge in [-0.05, 0) is 31.4 Å². The molecule has 1 aliphatic carbocycles. The van der Waals surface area contributed by atoms with Crippen LogP contribution in [0.25, 0.3) is 11.3 Å². The van der Waals surface area contributed by atoms with E-state index in [9.17, 15) is 13.6 Å². The number of halogens is 2. The molecule has 0 radical (unpaired) electrons. The first-order valence-electron chi connectivity index (χ1n) is 8.95. The van der Waals surface area contributed by atoms with Crippen LogP contribution in [-0.2, 0) is 7.05 Å².